The topological polar surface area (TPSA) is 60.2 Å². The number of amides is 1. The number of carbonyl (C=O) groups excluding carboxylic acids is 2. The van der Waals surface area contributed by atoms with Gasteiger partial charge in [0.15, 0.2) is 6.29 Å². The third-order valence-corrected chi connectivity index (χ3v) is 2.74. The van der Waals surface area contributed by atoms with E-state index in [9.17, 15) is 9.59 Å². The predicted octanol–water partition coefficient (Wildman–Crippen LogP) is 1.50. The molecule has 14 heavy (non-hydrogen) atoms. The van der Waals surface area contributed by atoms with Gasteiger partial charge in [-0.15, -0.1) is 12.6 Å². The summed E-state index contributed by atoms with van der Waals surface area (Å²) in [6.45, 7) is 3.47. The number of primary amides is 1. The molecular formula is C10H11NO2S. The second-order valence-electron chi connectivity index (χ2n) is 3.11. The van der Waals surface area contributed by atoms with Gasteiger partial charge in [0.2, 0.25) is 5.91 Å². The van der Waals surface area contributed by atoms with Crippen molar-refractivity contribution in [3.05, 3.63) is 28.3 Å². The van der Waals surface area contributed by atoms with Crippen molar-refractivity contribution in [2.24, 2.45) is 5.73 Å². The van der Waals surface area contributed by atoms with Crippen molar-refractivity contribution in [1.29, 1.82) is 0 Å². The molecule has 1 amide bonds. The van der Waals surface area contributed by atoms with E-state index >= 15 is 0 Å². The van der Waals surface area contributed by atoms with Crippen LogP contribution < -0.4 is 5.73 Å². The van der Waals surface area contributed by atoms with Crippen molar-refractivity contribution in [3.8, 4) is 0 Å². The largest absolute Gasteiger partial charge is 0.366 e. The summed E-state index contributed by atoms with van der Waals surface area (Å²) in [5.41, 5.74) is 7.50. The minimum absolute atomic E-state index is 0.445. The molecule has 0 unspecified atom stereocenters. The van der Waals surface area contributed by atoms with Crippen LogP contribution in [-0.4, -0.2) is 12.2 Å². The van der Waals surface area contributed by atoms with Gasteiger partial charge in [-0.05, 0) is 31.0 Å². The van der Waals surface area contributed by atoms with Gasteiger partial charge < -0.3 is 5.73 Å². The molecule has 1 aromatic rings. The summed E-state index contributed by atoms with van der Waals surface area (Å²) in [6.07, 6.45) is 0.715. The van der Waals surface area contributed by atoms with Crippen LogP contribution in [0.4, 0.5) is 0 Å². The Hall–Kier alpha value is -1.29. The highest BCUT2D eigenvalue weighted by atomic mass is 32.1. The van der Waals surface area contributed by atoms with Crippen molar-refractivity contribution in [2.45, 2.75) is 18.7 Å². The number of nitrogens with two attached hydrogens (primary N) is 1. The normalized spacial score (nSPS) is 9.93. The number of aldehydes is 1. The summed E-state index contributed by atoms with van der Waals surface area (Å²) in [5, 5.41) is 0. The van der Waals surface area contributed by atoms with Gasteiger partial charge in [0, 0.05) is 16.0 Å². The second-order valence-corrected chi connectivity index (χ2v) is 3.56. The Morgan fingerprint density at radius 1 is 1.50 bits per heavy atom. The monoisotopic (exact) mass is 209 g/mol. The zero-order valence-electron chi connectivity index (χ0n) is 8.00. The second kappa shape index (κ2) is 3.84. The fraction of sp³-hybridized carbons (Fsp3) is 0.200. The maximum atomic E-state index is 11.1. The van der Waals surface area contributed by atoms with Crippen LogP contribution in [0, 0.1) is 13.8 Å². The first-order valence-corrected chi connectivity index (χ1v) is 4.52. The van der Waals surface area contributed by atoms with Gasteiger partial charge in [0.1, 0.15) is 0 Å². The zero-order chi connectivity index (χ0) is 10.9. The molecule has 4 heteroatoms. The first kappa shape index (κ1) is 10.8. The van der Waals surface area contributed by atoms with Crippen molar-refractivity contribution in [1.82, 2.24) is 0 Å². The lowest BCUT2D eigenvalue weighted by molar-refractivity contribution is 0.0997. The molecule has 1 aromatic carbocycles. The standard InChI is InChI=1S/C10H11NO2S/c1-5-3-7(4-12)9(14)6(2)8(5)10(11)13/h3-4,14H,1-2H3,(H2,11,13). The molecule has 0 aromatic heterocycles. The number of hydrogen-bond acceptors (Lipinski definition) is 3. The summed E-state index contributed by atoms with van der Waals surface area (Å²) < 4.78 is 0. The first-order chi connectivity index (χ1) is 6.49. The van der Waals surface area contributed by atoms with Crippen LogP contribution in [0.3, 0.4) is 0 Å². The third-order valence-electron chi connectivity index (χ3n) is 2.14. The quantitative estimate of drug-likeness (QED) is 0.573. The van der Waals surface area contributed by atoms with Crippen LogP contribution >= 0.6 is 12.6 Å². The van der Waals surface area contributed by atoms with Crippen molar-refractivity contribution >= 4 is 24.8 Å². The van der Waals surface area contributed by atoms with Crippen LogP contribution in [0.1, 0.15) is 31.8 Å². The first-order valence-electron chi connectivity index (χ1n) is 4.07. The highest BCUT2D eigenvalue weighted by Gasteiger charge is 2.13. The van der Waals surface area contributed by atoms with Gasteiger partial charge in [-0.25, -0.2) is 0 Å². The van der Waals surface area contributed by atoms with Crippen LogP contribution in [0.5, 0.6) is 0 Å². The average molecular weight is 209 g/mol. The van der Waals surface area contributed by atoms with E-state index in [1.54, 1.807) is 19.9 Å². The number of aryl methyl sites for hydroxylation is 1. The molecule has 2 N–H and O–H groups in total. The smallest absolute Gasteiger partial charge is 0.249 e. The highest BCUT2D eigenvalue weighted by Crippen LogP contribution is 2.24. The Kier molecular flexibility index (Phi) is 2.96. The SMILES string of the molecule is Cc1cc(C=O)c(S)c(C)c1C(N)=O. The predicted molar refractivity (Wildman–Crippen MR) is 57.1 cm³/mol. The minimum atomic E-state index is -0.493. The number of benzene rings is 1. The summed E-state index contributed by atoms with van der Waals surface area (Å²) in [6, 6.07) is 1.61. The molecule has 0 heterocycles. The van der Waals surface area contributed by atoms with Gasteiger partial charge in [0.05, 0.1) is 0 Å². The van der Waals surface area contributed by atoms with E-state index in [1.165, 1.54) is 0 Å². The minimum Gasteiger partial charge on any atom is -0.366 e. The fourth-order valence-corrected chi connectivity index (χ4v) is 1.70. The van der Waals surface area contributed by atoms with Gasteiger partial charge in [-0.1, -0.05) is 0 Å². The summed E-state index contributed by atoms with van der Waals surface area (Å²) in [7, 11) is 0. The maximum Gasteiger partial charge on any atom is 0.249 e. The Balaban J connectivity index is 3.56. The van der Waals surface area contributed by atoms with E-state index in [0.29, 0.717) is 33.4 Å². The van der Waals surface area contributed by atoms with Crippen LogP contribution in [0.25, 0.3) is 0 Å². The molecule has 0 saturated heterocycles. The average Bonchev–Trinajstić information content (AvgIpc) is 2.10. The maximum absolute atomic E-state index is 11.1. The van der Waals surface area contributed by atoms with Gasteiger partial charge in [0.25, 0.3) is 0 Å². The molecule has 3 nitrogen and oxygen atoms in total. The molecule has 0 saturated carbocycles. The summed E-state index contributed by atoms with van der Waals surface area (Å²) >= 11 is 4.16. The highest BCUT2D eigenvalue weighted by molar-refractivity contribution is 7.80. The lowest BCUT2D eigenvalue weighted by Gasteiger charge is -2.10. The number of hydrogen-bond donors (Lipinski definition) is 2. The van der Waals surface area contributed by atoms with E-state index in [1.807, 2.05) is 0 Å². The van der Waals surface area contributed by atoms with Gasteiger partial charge in [-0.3, -0.25) is 9.59 Å². The molecule has 0 fully saturated rings. The molecule has 0 radical (unpaired) electrons. The molecule has 0 aliphatic heterocycles. The fourth-order valence-electron chi connectivity index (χ4n) is 1.47. The van der Waals surface area contributed by atoms with Crippen molar-refractivity contribution < 1.29 is 9.59 Å². The van der Waals surface area contributed by atoms with Crippen LogP contribution in [0.15, 0.2) is 11.0 Å². The van der Waals surface area contributed by atoms with Gasteiger partial charge >= 0.3 is 0 Å². The zero-order valence-corrected chi connectivity index (χ0v) is 8.89. The van der Waals surface area contributed by atoms with E-state index in [4.69, 9.17) is 5.73 Å². The molecule has 0 spiro atoms. The van der Waals surface area contributed by atoms with E-state index in [2.05, 4.69) is 12.6 Å². The molecule has 0 bridgehead atoms. The van der Waals surface area contributed by atoms with Crippen LogP contribution in [-0.2, 0) is 0 Å². The van der Waals surface area contributed by atoms with Crippen LogP contribution in [0.2, 0.25) is 0 Å². The molecule has 0 atom stereocenters. The Bertz CT molecular complexity index is 413. The number of thiol groups is 1. The third kappa shape index (κ3) is 1.65. The number of carbonyl (C=O) groups is 2. The van der Waals surface area contributed by atoms with Crippen molar-refractivity contribution in [3.63, 3.8) is 0 Å². The summed E-state index contributed by atoms with van der Waals surface area (Å²) in [4.78, 5) is 22.3. The Labute approximate surface area is 87.7 Å². The van der Waals surface area contributed by atoms with E-state index in [0.717, 1.165) is 0 Å². The molecular weight excluding hydrogens is 198 g/mol. The Morgan fingerprint density at radius 3 is 2.50 bits per heavy atom. The lowest BCUT2D eigenvalue weighted by atomic mass is 9.99. The molecule has 1 rings (SSSR count). The summed E-state index contributed by atoms with van der Waals surface area (Å²) in [5.74, 6) is -0.493. The molecule has 0 aliphatic rings. The Morgan fingerprint density at radius 2 is 2.07 bits per heavy atom. The van der Waals surface area contributed by atoms with E-state index in [-0.39, 0.29) is 0 Å². The van der Waals surface area contributed by atoms with Crippen molar-refractivity contribution in [2.75, 3.05) is 0 Å². The molecule has 74 valence electrons. The van der Waals surface area contributed by atoms with E-state index < -0.39 is 5.91 Å². The number of rotatable bonds is 2. The lowest BCUT2D eigenvalue weighted by Crippen LogP contribution is -2.15. The molecule has 0 aliphatic carbocycles. The van der Waals surface area contributed by atoms with Gasteiger partial charge in [-0.2, -0.15) is 0 Å².